The van der Waals surface area contributed by atoms with E-state index in [1.807, 2.05) is 24.3 Å². The number of hydrogen-bond donors (Lipinski definition) is 2. The number of aromatic nitrogens is 2. The van der Waals surface area contributed by atoms with Gasteiger partial charge in [0, 0.05) is 27.1 Å². The number of H-pyrrole nitrogens is 2. The van der Waals surface area contributed by atoms with E-state index in [1.54, 1.807) is 37.4 Å². The Morgan fingerprint density at radius 3 is 1.92 bits per heavy atom. The van der Waals surface area contributed by atoms with Gasteiger partial charge in [-0.15, -0.1) is 0 Å². The van der Waals surface area contributed by atoms with Crippen molar-refractivity contribution in [3.8, 4) is 5.75 Å². The normalized spacial score (nSPS) is 11.6. The molecule has 0 aliphatic carbocycles. The number of methoxy groups -OCH3 is 1. The molecular weight excluding hydrogens is 328 g/mol. The van der Waals surface area contributed by atoms with Crippen LogP contribution in [0.5, 0.6) is 5.75 Å². The quantitative estimate of drug-likeness (QED) is 0.456. The molecule has 0 unspecified atom stereocenters. The van der Waals surface area contributed by atoms with E-state index in [1.165, 1.54) is 0 Å². The molecule has 26 heavy (non-hydrogen) atoms. The molecule has 5 aromatic rings. The molecule has 0 amide bonds. The molecule has 0 bridgehead atoms. The summed E-state index contributed by atoms with van der Waals surface area (Å²) in [5, 5.41) is 2.27. The Hall–Kier alpha value is -3.60. The fourth-order valence-corrected chi connectivity index (χ4v) is 3.50. The molecule has 0 saturated carbocycles. The van der Waals surface area contributed by atoms with E-state index < -0.39 is 0 Å². The molecular formula is C21H14N2O3. The van der Waals surface area contributed by atoms with Crippen molar-refractivity contribution in [3.05, 3.63) is 75.0 Å². The van der Waals surface area contributed by atoms with E-state index in [0.717, 1.165) is 5.52 Å². The third kappa shape index (κ3) is 1.97. The summed E-state index contributed by atoms with van der Waals surface area (Å²) in [4.78, 5) is 32.3. The van der Waals surface area contributed by atoms with Gasteiger partial charge in [-0.1, -0.05) is 12.1 Å². The van der Waals surface area contributed by atoms with Gasteiger partial charge in [-0.3, -0.25) is 9.59 Å². The molecule has 126 valence electrons. The molecule has 0 atom stereocenters. The number of benzene rings is 3. The monoisotopic (exact) mass is 342 g/mol. The first-order valence-corrected chi connectivity index (χ1v) is 8.24. The van der Waals surface area contributed by atoms with Crippen LogP contribution in [0.3, 0.4) is 0 Å². The zero-order valence-corrected chi connectivity index (χ0v) is 13.9. The average Bonchev–Trinajstić information content (AvgIpc) is 2.67. The maximum Gasteiger partial charge on any atom is 0.197 e. The maximum atomic E-state index is 13.0. The molecule has 5 nitrogen and oxygen atoms in total. The number of hydrogen-bond acceptors (Lipinski definition) is 3. The fourth-order valence-electron chi connectivity index (χ4n) is 3.50. The molecule has 3 aromatic carbocycles. The predicted octanol–water partition coefficient (Wildman–Crippen LogP) is 3.68. The van der Waals surface area contributed by atoms with Crippen molar-refractivity contribution in [1.82, 2.24) is 9.97 Å². The summed E-state index contributed by atoms with van der Waals surface area (Å²) in [7, 11) is 1.57. The summed E-state index contributed by atoms with van der Waals surface area (Å²) in [5.74, 6) is 0.627. The minimum Gasteiger partial charge on any atom is -0.497 e. The van der Waals surface area contributed by atoms with Crippen LogP contribution in [0.15, 0.2) is 64.2 Å². The molecule has 0 fully saturated rings. The molecule has 0 spiro atoms. The van der Waals surface area contributed by atoms with Crippen LogP contribution in [0.25, 0.3) is 43.6 Å². The predicted molar refractivity (Wildman–Crippen MR) is 104 cm³/mol. The molecule has 0 radical (unpaired) electrons. The van der Waals surface area contributed by atoms with Crippen molar-refractivity contribution in [2.75, 3.05) is 7.11 Å². The topological polar surface area (TPSA) is 75.0 Å². The number of rotatable bonds is 1. The van der Waals surface area contributed by atoms with Gasteiger partial charge in [0.2, 0.25) is 0 Å². The maximum absolute atomic E-state index is 13.0. The van der Waals surface area contributed by atoms with E-state index in [9.17, 15) is 9.59 Å². The summed E-state index contributed by atoms with van der Waals surface area (Å²) in [6.45, 7) is 0. The number of aromatic amines is 2. The largest absolute Gasteiger partial charge is 0.497 e. The number of para-hydroxylation sites is 1. The van der Waals surface area contributed by atoms with Gasteiger partial charge in [0.25, 0.3) is 0 Å². The zero-order chi connectivity index (χ0) is 17.8. The number of pyridine rings is 2. The summed E-state index contributed by atoms with van der Waals surface area (Å²) in [6.07, 6.45) is 0. The van der Waals surface area contributed by atoms with Crippen LogP contribution in [0, 0.1) is 0 Å². The summed E-state index contributed by atoms with van der Waals surface area (Å²) in [5.41, 5.74) is 2.61. The van der Waals surface area contributed by atoms with Crippen molar-refractivity contribution in [3.63, 3.8) is 0 Å². The Kier molecular flexibility index (Phi) is 2.94. The Balaban J connectivity index is 1.97. The Labute approximate surface area is 146 Å². The van der Waals surface area contributed by atoms with Crippen molar-refractivity contribution in [2.45, 2.75) is 0 Å². The van der Waals surface area contributed by atoms with Gasteiger partial charge in [-0.2, -0.15) is 0 Å². The second-order valence-electron chi connectivity index (χ2n) is 6.31. The number of ether oxygens (including phenoxy) is 1. The molecule has 0 aliphatic heterocycles. The lowest BCUT2D eigenvalue weighted by Crippen LogP contribution is -2.08. The van der Waals surface area contributed by atoms with Crippen LogP contribution in [-0.4, -0.2) is 17.1 Å². The smallest absolute Gasteiger partial charge is 0.197 e. The summed E-state index contributed by atoms with van der Waals surface area (Å²) >= 11 is 0. The first kappa shape index (κ1) is 14.7. The molecule has 2 N–H and O–H groups in total. The molecule has 2 aromatic heterocycles. The van der Waals surface area contributed by atoms with Gasteiger partial charge in [-0.05, 0) is 42.5 Å². The Morgan fingerprint density at radius 2 is 1.23 bits per heavy atom. The van der Waals surface area contributed by atoms with E-state index >= 15 is 0 Å². The van der Waals surface area contributed by atoms with Crippen LogP contribution < -0.4 is 15.6 Å². The van der Waals surface area contributed by atoms with Gasteiger partial charge in [0.15, 0.2) is 10.9 Å². The third-order valence-electron chi connectivity index (χ3n) is 4.83. The summed E-state index contributed by atoms with van der Waals surface area (Å²) in [6, 6.07) is 16.2. The third-order valence-corrected chi connectivity index (χ3v) is 4.83. The van der Waals surface area contributed by atoms with E-state index in [0.29, 0.717) is 43.8 Å². The molecule has 5 rings (SSSR count). The number of fused-ring (bicyclic) bond motifs is 4. The first-order chi connectivity index (χ1) is 12.7. The second-order valence-corrected chi connectivity index (χ2v) is 6.31. The standard InChI is InChI=1S/C21H14N2O3/c1-26-11-6-7-17-13(8-11)21(25)15-10-18-14(9-19(15)23-17)20(24)12-4-2-3-5-16(12)22-18/h2-10H,1H3,(H,22,24)(H,23,25). The Bertz CT molecular complexity index is 1460. The summed E-state index contributed by atoms with van der Waals surface area (Å²) < 4.78 is 5.22. The molecule has 5 heteroatoms. The first-order valence-electron chi connectivity index (χ1n) is 8.24. The lowest BCUT2D eigenvalue weighted by atomic mass is 10.1. The van der Waals surface area contributed by atoms with Gasteiger partial charge >= 0.3 is 0 Å². The van der Waals surface area contributed by atoms with Crippen LogP contribution in [-0.2, 0) is 0 Å². The fraction of sp³-hybridized carbons (Fsp3) is 0.0476. The van der Waals surface area contributed by atoms with Gasteiger partial charge in [-0.25, -0.2) is 0 Å². The van der Waals surface area contributed by atoms with Crippen LogP contribution in [0.1, 0.15) is 0 Å². The molecule has 2 heterocycles. The van der Waals surface area contributed by atoms with Crippen molar-refractivity contribution in [2.24, 2.45) is 0 Å². The minimum atomic E-state index is -0.0939. The van der Waals surface area contributed by atoms with Crippen molar-refractivity contribution in [1.29, 1.82) is 0 Å². The van der Waals surface area contributed by atoms with E-state index in [2.05, 4.69) is 9.97 Å². The second kappa shape index (κ2) is 5.20. The van der Waals surface area contributed by atoms with Gasteiger partial charge < -0.3 is 14.7 Å². The lowest BCUT2D eigenvalue weighted by molar-refractivity contribution is 0.415. The van der Waals surface area contributed by atoms with Crippen molar-refractivity contribution < 1.29 is 4.74 Å². The molecule has 0 saturated heterocycles. The lowest BCUT2D eigenvalue weighted by Gasteiger charge is -2.07. The molecule has 0 aliphatic rings. The van der Waals surface area contributed by atoms with Gasteiger partial charge in [0.05, 0.1) is 23.7 Å². The highest BCUT2D eigenvalue weighted by atomic mass is 16.5. The van der Waals surface area contributed by atoms with Crippen molar-refractivity contribution >= 4 is 43.6 Å². The van der Waals surface area contributed by atoms with E-state index in [-0.39, 0.29) is 10.9 Å². The number of nitrogens with one attached hydrogen (secondary N) is 2. The SMILES string of the molecule is COc1ccc2[nH]c3cc4c(=O)c5ccccc5[nH]c4cc3c(=O)c2c1. The average molecular weight is 342 g/mol. The highest BCUT2D eigenvalue weighted by molar-refractivity contribution is 6.02. The van der Waals surface area contributed by atoms with E-state index in [4.69, 9.17) is 4.74 Å². The zero-order valence-electron chi connectivity index (χ0n) is 13.9. The Morgan fingerprint density at radius 1 is 0.654 bits per heavy atom. The minimum absolute atomic E-state index is 0.0491. The highest BCUT2D eigenvalue weighted by Crippen LogP contribution is 2.23. The van der Waals surface area contributed by atoms with Crippen LogP contribution >= 0.6 is 0 Å². The van der Waals surface area contributed by atoms with Gasteiger partial charge in [0.1, 0.15) is 5.75 Å². The van der Waals surface area contributed by atoms with Crippen LogP contribution in [0.4, 0.5) is 0 Å². The van der Waals surface area contributed by atoms with Crippen LogP contribution in [0.2, 0.25) is 0 Å². The highest BCUT2D eigenvalue weighted by Gasteiger charge is 2.11.